The summed E-state index contributed by atoms with van der Waals surface area (Å²) in [6.45, 7) is 2.91. The first-order valence-corrected chi connectivity index (χ1v) is 7.47. The van der Waals surface area contributed by atoms with Crippen molar-refractivity contribution in [3.05, 3.63) is 34.9 Å². The second kappa shape index (κ2) is 7.62. The van der Waals surface area contributed by atoms with Gasteiger partial charge in [-0.05, 0) is 38.1 Å². The Balaban J connectivity index is 1.79. The zero-order chi connectivity index (χ0) is 14.4. The highest BCUT2D eigenvalue weighted by Crippen LogP contribution is 2.16. The lowest BCUT2D eigenvalue weighted by atomic mass is 10.2. The van der Waals surface area contributed by atoms with Crippen molar-refractivity contribution in [2.45, 2.75) is 25.4 Å². The first kappa shape index (κ1) is 15.3. The number of rotatable bonds is 6. The Morgan fingerprint density at radius 3 is 3.00 bits per heavy atom. The molecule has 1 atom stereocenters. The maximum atomic E-state index is 12.0. The van der Waals surface area contributed by atoms with E-state index in [0.717, 1.165) is 18.7 Å². The first-order chi connectivity index (χ1) is 9.70. The van der Waals surface area contributed by atoms with Crippen LogP contribution in [0.4, 0.5) is 0 Å². The summed E-state index contributed by atoms with van der Waals surface area (Å²) in [5.74, 6) is 0.0629. The molecule has 1 amide bonds. The fourth-order valence-electron chi connectivity index (χ4n) is 2.65. The molecule has 5 heteroatoms. The number of hydrogen-bond donors (Lipinski definition) is 2. The van der Waals surface area contributed by atoms with Gasteiger partial charge in [-0.3, -0.25) is 9.69 Å². The van der Waals surface area contributed by atoms with Crippen LogP contribution in [-0.4, -0.2) is 43.5 Å². The summed E-state index contributed by atoms with van der Waals surface area (Å²) in [6, 6.07) is 8.07. The largest absolute Gasteiger partial charge is 0.351 e. The molecule has 0 saturated carbocycles. The summed E-state index contributed by atoms with van der Waals surface area (Å²) in [5, 5.41) is 6.83. The number of benzene rings is 1. The molecule has 0 bridgehead atoms. The van der Waals surface area contributed by atoms with E-state index >= 15 is 0 Å². The highest BCUT2D eigenvalue weighted by molar-refractivity contribution is 6.31. The molecule has 20 heavy (non-hydrogen) atoms. The molecule has 4 nitrogen and oxygen atoms in total. The number of carbonyl (C=O) groups excluding carboxylic acids is 1. The summed E-state index contributed by atoms with van der Waals surface area (Å²) in [6.07, 6.45) is 2.34. The van der Waals surface area contributed by atoms with E-state index in [2.05, 4.69) is 15.5 Å². The van der Waals surface area contributed by atoms with Gasteiger partial charge < -0.3 is 10.6 Å². The molecule has 0 aliphatic carbocycles. The van der Waals surface area contributed by atoms with Crippen LogP contribution in [0.25, 0.3) is 0 Å². The number of carbonyl (C=O) groups is 1. The second-order valence-electron chi connectivity index (χ2n) is 5.19. The summed E-state index contributed by atoms with van der Waals surface area (Å²) in [5.41, 5.74) is 0.954. The number of nitrogens with zero attached hydrogens (tertiary/aromatic N) is 1. The molecule has 1 unspecified atom stereocenters. The molecule has 0 spiro atoms. The number of likely N-dealkylation sites (tertiary alicyclic amines) is 1. The Bertz CT molecular complexity index is 452. The average molecular weight is 296 g/mol. The van der Waals surface area contributed by atoms with Crippen LogP contribution >= 0.6 is 11.6 Å². The normalized spacial score (nSPS) is 19.2. The molecule has 0 aromatic heterocycles. The summed E-state index contributed by atoms with van der Waals surface area (Å²) in [4.78, 5) is 14.3. The van der Waals surface area contributed by atoms with Crippen molar-refractivity contribution < 1.29 is 4.79 Å². The van der Waals surface area contributed by atoms with Crippen LogP contribution in [0.5, 0.6) is 0 Å². The van der Waals surface area contributed by atoms with Crippen LogP contribution < -0.4 is 10.6 Å². The molecule has 1 heterocycles. The fraction of sp³-hybridized carbons (Fsp3) is 0.533. The minimum Gasteiger partial charge on any atom is -0.351 e. The molecule has 1 saturated heterocycles. The Morgan fingerprint density at radius 1 is 1.45 bits per heavy atom. The van der Waals surface area contributed by atoms with Crippen LogP contribution in [-0.2, 0) is 11.3 Å². The molecule has 2 rings (SSSR count). The van der Waals surface area contributed by atoms with E-state index in [1.165, 1.54) is 12.8 Å². The molecule has 2 N–H and O–H groups in total. The van der Waals surface area contributed by atoms with Crippen molar-refractivity contribution in [2.24, 2.45) is 0 Å². The van der Waals surface area contributed by atoms with Gasteiger partial charge in [0.05, 0.1) is 6.54 Å². The third-order valence-corrected chi connectivity index (χ3v) is 4.09. The van der Waals surface area contributed by atoms with Gasteiger partial charge in [0, 0.05) is 24.2 Å². The van der Waals surface area contributed by atoms with E-state index < -0.39 is 0 Å². The van der Waals surface area contributed by atoms with Crippen LogP contribution in [0.15, 0.2) is 24.3 Å². The minimum absolute atomic E-state index is 0.0629. The zero-order valence-corrected chi connectivity index (χ0v) is 12.6. The number of hydrogen-bond acceptors (Lipinski definition) is 3. The Labute approximate surface area is 125 Å². The third kappa shape index (κ3) is 4.20. The first-order valence-electron chi connectivity index (χ1n) is 7.09. The van der Waals surface area contributed by atoms with Crippen molar-refractivity contribution in [1.82, 2.24) is 15.5 Å². The zero-order valence-electron chi connectivity index (χ0n) is 11.9. The van der Waals surface area contributed by atoms with E-state index in [-0.39, 0.29) is 5.91 Å². The molecule has 1 aliphatic heterocycles. The third-order valence-electron chi connectivity index (χ3n) is 3.72. The van der Waals surface area contributed by atoms with Crippen molar-refractivity contribution in [3.63, 3.8) is 0 Å². The van der Waals surface area contributed by atoms with Crippen molar-refractivity contribution in [3.8, 4) is 0 Å². The lowest BCUT2D eigenvalue weighted by Crippen LogP contribution is -2.43. The van der Waals surface area contributed by atoms with Crippen molar-refractivity contribution >= 4 is 17.5 Å². The minimum atomic E-state index is 0.0629. The van der Waals surface area contributed by atoms with Gasteiger partial charge in [0.25, 0.3) is 0 Å². The van der Waals surface area contributed by atoms with Crippen molar-refractivity contribution in [1.29, 1.82) is 0 Å². The summed E-state index contributed by atoms with van der Waals surface area (Å²) < 4.78 is 0. The smallest absolute Gasteiger partial charge is 0.234 e. The molecule has 110 valence electrons. The molecule has 1 aromatic carbocycles. The van der Waals surface area contributed by atoms with Crippen LogP contribution in [0, 0.1) is 0 Å². The molecule has 1 aromatic rings. The summed E-state index contributed by atoms with van der Waals surface area (Å²) in [7, 11) is 1.95. The quantitative estimate of drug-likeness (QED) is 0.839. The maximum absolute atomic E-state index is 12.0. The Morgan fingerprint density at radius 2 is 2.25 bits per heavy atom. The second-order valence-corrected chi connectivity index (χ2v) is 5.60. The molecular weight excluding hydrogens is 274 g/mol. The molecule has 1 aliphatic rings. The highest BCUT2D eigenvalue weighted by atomic mass is 35.5. The fourth-order valence-corrected chi connectivity index (χ4v) is 2.85. The number of amides is 1. The van der Waals surface area contributed by atoms with Gasteiger partial charge in [-0.15, -0.1) is 0 Å². The maximum Gasteiger partial charge on any atom is 0.234 e. The van der Waals surface area contributed by atoms with Gasteiger partial charge in [-0.25, -0.2) is 0 Å². The number of likely N-dealkylation sites (N-methyl/N-ethyl adjacent to an activating group) is 1. The van der Waals surface area contributed by atoms with E-state index in [0.29, 0.717) is 24.2 Å². The molecular formula is C15H22ClN3O. The van der Waals surface area contributed by atoms with Gasteiger partial charge in [-0.2, -0.15) is 0 Å². The van der Waals surface area contributed by atoms with Gasteiger partial charge >= 0.3 is 0 Å². The Kier molecular flexibility index (Phi) is 5.83. The monoisotopic (exact) mass is 295 g/mol. The predicted molar refractivity (Wildman–Crippen MR) is 81.8 cm³/mol. The lowest BCUT2D eigenvalue weighted by Gasteiger charge is -2.23. The van der Waals surface area contributed by atoms with Gasteiger partial charge in [-0.1, -0.05) is 29.8 Å². The molecule has 1 fully saturated rings. The van der Waals surface area contributed by atoms with E-state index in [1.54, 1.807) is 0 Å². The van der Waals surface area contributed by atoms with Gasteiger partial charge in [0.15, 0.2) is 0 Å². The lowest BCUT2D eigenvalue weighted by molar-refractivity contribution is -0.122. The number of nitrogens with one attached hydrogen (secondary N) is 2. The standard InChI is InChI=1S/C15H22ClN3O/c1-17-10-13-6-4-8-19(13)11-15(20)18-9-12-5-2-3-7-14(12)16/h2-3,5,7,13,17H,4,6,8-11H2,1H3,(H,18,20). The van der Waals surface area contributed by atoms with Gasteiger partial charge in [0.1, 0.15) is 0 Å². The number of halogens is 1. The van der Waals surface area contributed by atoms with E-state index in [4.69, 9.17) is 11.6 Å². The van der Waals surface area contributed by atoms with Gasteiger partial charge in [0.2, 0.25) is 5.91 Å². The average Bonchev–Trinajstić information content (AvgIpc) is 2.86. The summed E-state index contributed by atoms with van der Waals surface area (Å²) >= 11 is 6.07. The van der Waals surface area contributed by atoms with Crippen LogP contribution in [0.1, 0.15) is 18.4 Å². The topological polar surface area (TPSA) is 44.4 Å². The van der Waals surface area contributed by atoms with Crippen LogP contribution in [0.2, 0.25) is 5.02 Å². The SMILES string of the molecule is CNCC1CCCN1CC(=O)NCc1ccccc1Cl. The Hall–Kier alpha value is -1.10. The van der Waals surface area contributed by atoms with E-state index in [9.17, 15) is 4.79 Å². The van der Waals surface area contributed by atoms with E-state index in [1.807, 2.05) is 31.3 Å². The molecule has 0 radical (unpaired) electrons. The highest BCUT2D eigenvalue weighted by Gasteiger charge is 2.25. The predicted octanol–water partition coefficient (Wildman–Crippen LogP) is 1.64. The van der Waals surface area contributed by atoms with Crippen LogP contribution in [0.3, 0.4) is 0 Å². The van der Waals surface area contributed by atoms with Crippen molar-refractivity contribution in [2.75, 3.05) is 26.7 Å².